The van der Waals surface area contributed by atoms with Gasteiger partial charge >= 0.3 is 0 Å². The second-order valence-electron chi connectivity index (χ2n) is 6.51. The minimum Gasteiger partial charge on any atom is -0.316 e. The van der Waals surface area contributed by atoms with Crippen molar-refractivity contribution in [3.63, 3.8) is 0 Å². The molecule has 1 aliphatic rings. The van der Waals surface area contributed by atoms with Gasteiger partial charge in [-0.05, 0) is 76.5 Å². The number of nitrogens with one attached hydrogen (secondary N) is 1. The molecule has 0 aliphatic heterocycles. The Bertz CT molecular complexity index is 388. The van der Waals surface area contributed by atoms with E-state index < -0.39 is 0 Å². The second kappa shape index (κ2) is 7.24. The molecule has 1 aromatic rings. The molecule has 0 bridgehead atoms. The Labute approximate surface area is 130 Å². The van der Waals surface area contributed by atoms with Crippen LogP contribution in [0.4, 0.5) is 0 Å². The predicted molar refractivity (Wildman–Crippen MR) is 89.0 cm³/mol. The van der Waals surface area contributed by atoms with Gasteiger partial charge < -0.3 is 5.32 Å². The minimum atomic E-state index is 0.740. The lowest BCUT2D eigenvalue weighted by Crippen LogP contribution is -2.33. The number of halogens is 1. The van der Waals surface area contributed by atoms with E-state index in [4.69, 9.17) is 0 Å². The fourth-order valence-electron chi connectivity index (χ4n) is 3.18. The molecule has 1 aliphatic carbocycles. The van der Waals surface area contributed by atoms with Gasteiger partial charge in [-0.3, -0.25) is 0 Å². The summed E-state index contributed by atoms with van der Waals surface area (Å²) in [6, 6.07) is 0. The second-order valence-corrected chi connectivity index (χ2v) is 8.11. The first kappa shape index (κ1) is 15.5. The fraction of sp³-hybridized carbons (Fsp3) is 0.750. The van der Waals surface area contributed by atoms with E-state index in [0.29, 0.717) is 0 Å². The predicted octanol–water partition coefficient (Wildman–Crippen LogP) is 5.28. The van der Waals surface area contributed by atoms with Crippen LogP contribution in [0.25, 0.3) is 0 Å². The van der Waals surface area contributed by atoms with Crippen molar-refractivity contribution >= 4 is 27.3 Å². The van der Waals surface area contributed by atoms with E-state index in [1.807, 2.05) is 11.3 Å². The molecule has 2 rings (SSSR count). The molecule has 108 valence electrons. The van der Waals surface area contributed by atoms with Crippen molar-refractivity contribution in [2.75, 3.05) is 13.1 Å². The third-order valence-electron chi connectivity index (χ3n) is 4.26. The van der Waals surface area contributed by atoms with E-state index >= 15 is 0 Å². The summed E-state index contributed by atoms with van der Waals surface area (Å²) in [6.45, 7) is 9.29. The van der Waals surface area contributed by atoms with Crippen molar-refractivity contribution in [2.24, 2.45) is 17.8 Å². The first-order chi connectivity index (χ1) is 9.08. The minimum absolute atomic E-state index is 0.740. The molecule has 19 heavy (non-hydrogen) atoms. The lowest BCUT2D eigenvalue weighted by atomic mass is 9.72. The molecule has 1 saturated carbocycles. The Morgan fingerprint density at radius 1 is 1.37 bits per heavy atom. The number of hydrogen-bond donors (Lipinski definition) is 1. The highest BCUT2D eigenvalue weighted by molar-refractivity contribution is 9.10. The highest BCUT2D eigenvalue weighted by atomic mass is 79.9. The molecule has 0 aromatic carbocycles. The Balaban J connectivity index is 2.01. The third kappa shape index (κ3) is 4.30. The van der Waals surface area contributed by atoms with Crippen LogP contribution in [-0.2, 0) is 0 Å². The lowest BCUT2D eigenvalue weighted by molar-refractivity contribution is 0.240. The number of rotatable bonds is 5. The Hall–Kier alpha value is 0.140. The molecule has 0 spiro atoms. The van der Waals surface area contributed by atoms with Gasteiger partial charge in [-0.2, -0.15) is 11.3 Å². The molecule has 1 fully saturated rings. The van der Waals surface area contributed by atoms with Crippen molar-refractivity contribution in [3.05, 3.63) is 20.8 Å². The molecule has 3 atom stereocenters. The van der Waals surface area contributed by atoms with Crippen LogP contribution in [0.3, 0.4) is 0 Å². The first-order valence-corrected chi connectivity index (χ1v) is 9.23. The molecule has 0 saturated heterocycles. The summed E-state index contributed by atoms with van der Waals surface area (Å²) in [5.74, 6) is 3.16. The average molecular weight is 344 g/mol. The van der Waals surface area contributed by atoms with Gasteiger partial charge in [-0.1, -0.05) is 27.2 Å². The summed E-state index contributed by atoms with van der Waals surface area (Å²) in [4.78, 5) is 0. The smallest absolute Gasteiger partial charge is 0.0317 e. The van der Waals surface area contributed by atoms with E-state index in [-0.39, 0.29) is 0 Å². The van der Waals surface area contributed by atoms with E-state index in [2.05, 4.69) is 52.8 Å². The quantitative estimate of drug-likeness (QED) is 0.767. The molecule has 3 heteroatoms. The van der Waals surface area contributed by atoms with Gasteiger partial charge in [0.05, 0.1) is 0 Å². The van der Waals surface area contributed by atoms with Crippen molar-refractivity contribution in [3.8, 4) is 0 Å². The Morgan fingerprint density at radius 3 is 2.79 bits per heavy atom. The maximum atomic E-state index is 3.73. The van der Waals surface area contributed by atoms with Crippen molar-refractivity contribution < 1.29 is 0 Å². The molecule has 0 amide bonds. The molecule has 1 nitrogen and oxygen atoms in total. The van der Waals surface area contributed by atoms with E-state index in [1.54, 1.807) is 5.56 Å². The zero-order valence-electron chi connectivity index (χ0n) is 12.3. The standard InChI is InChI=1S/C16H26BrNS/c1-11(2)7-18-8-13-5-4-12(3)6-14(13)15-9-19-10-16(15)17/h9-14,18H,4-8H2,1-3H3. The summed E-state index contributed by atoms with van der Waals surface area (Å²) >= 11 is 5.56. The van der Waals surface area contributed by atoms with Gasteiger partial charge in [-0.25, -0.2) is 0 Å². The SMILES string of the molecule is CC(C)CNCC1CCC(C)CC1c1cscc1Br. The summed E-state index contributed by atoms with van der Waals surface area (Å²) in [5.41, 5.74) is 1.55. The zero-order chi connectivity index (χ0) is 13.8. The topological polar surface area (TPSA) is 12.0 Å². The molecule has 1 N–H and O–H groups in total. The summed E-state index contributed by atoms with van der Waals surface area (Å²) in [5, 5.41) is 8.25. The molecular weight excluding hydrogens is 318 g/mol. The lowest BCUT2D eigenvalue weighted by Gasteiger charge is -2.35. The zero-order valence-corrected chi connectivity index (χ0v) is 14.7. The van der Waals surface area contributed by atoms with Crippen LogP contribution < -0.4 is 5.32 Å². The van der Waals surface area contributed by atoms with E-state index in [0.717, 1.165) is 30.2 Å². The largest absolute Gasteiger partial charge is 0.316 e. The normalized spacial score (nSPS) is 27.9. The van der Waals surface area contributed by atoms with Gasteiger partial charge in [0.2, 0.25) is 0 Å². The highest BCUT2D eigenvalue weighted by Crippen LogP contribution is 2.43. The molecular formula is C16H26BrNS. The van der Waals surface area contributed by atoms with Crippen LogP contribution >= 0.6 is 27.3 Å². The number of thiophene rings is 1. The summed E-state index contributed by atoms with van der Waals surface area (Å²) in [7, 11) is 0. The maximum Gasteiger partial charge on any atom is 0.0317 e. The monoisotopic (exact) mass is 343 g/mol. The maximum absolute atomic E-state index is 3.73. The average Bonchev–Trinajstić information content (AvgIpc) is 2.77. The molecule has 3 unspecified atom stereocenters. The van der Waals surface area contributed by atoms with Crippen molar-refractivity contribution in [1.29, 1.82) is 0 Å². The molecule has 1 heterocycles. The van der Waals surface area contributed by atoms with Gasteiger partial charge in [0.15, 0.2) is 0 Å². The van der Waals surface area contributed by atoms with Crippen molar-refractivity contribution in [2.45, 2.75) is 46.0 Å². The van der Waals surface area contributed by atoms with Gasteiger partial charge in [0.25, 0.3) is 0 Å². The number of hydrogen-bond acceptors (Lipinski definition) is 2. The summed E-state index contributed by atoms with van der Waals surface area (Å²) < 4.78 is 1.32. The summed E-state index contributed by atoms with van der Waals surface area (Å²) in [6.07, 6.45) is 4.12. The van der Waals surface area contributed by atoms with Crippen LogP contribution in [0.2, 0.25) is 0 Å². The van der Waals surface area contributed by atoms with Crippen LogP contribution in [0.15, 0.2) is 15.2 Å². The fourth-order valence-corrected chi connectivity index (χ4v) is 4.84. The highest BCUT2D eigenvalue weighted by Gasteiger charge is 2.30. The van der Waals surface area contributed by atoms with Crippen LogP contribution in [0, 0.1) is 17.8 Å². The first-order valence-electron chi connectivity index (χ1n) is 7.50. The van der Waals surface area contributed by atoms with Gasteiger partial charge in [-0.15, -0.1) is 0 Å². The Morgan fingerprint density at radius 2 is 2.16 bits per heavy atom. The van der Waals surface area contributed by atoms with Gasteiger partial charge in [0, 0.05) is 9.85 Å². The third-order valence-corrected chi connectivity index (χ3v) is 6.01. The van der Waals surface area contributed by atoms with Crippen LogP contribution in [-0.4, -0.2) is 13.1 Å². The molecule has 0 radical (unpaired) electrons. The Kier molecular flexibility index (Phi) is 5.91. The molecule has 1 aromatic heterocycles. The van der Waals surface area contributed by atoms with Crippen LogP contribution in [0.1, 0.15) is 51.5 Å². The van der Waals surface area contributed by atoms with Gasteiger partial charge in [0.1, 0.15) is 0 Å². The van der Waals surface area contributed by atoms with Crippen LogP contribution in [0.5, 0.6) is 0 Å². The van der Waals surface area contributed by atoms with E-state index in [1.165, 1.54) is 30.3 Å². The van der Waals surface area contributed by atoms with E-state index in [9.17, 15) is 0 Å². The van der Waals surface area contributed by atoms with Crippen molar-refractivity contribution in [1.82, 2.24) is 5.32 Å².